The monoisotopic (exact) mass is 359 g/mol. The molecule has 0 atom stereocenters. The molecule has 0 saturated carbocycles. The quantitative estimate of drug-likeness (QED) is 0.546. The van der Waals surface area contributed by atoms with E-state index in [1.54, 1.807) is 0 Å². The van der Waals surface area contributed by atoms with Crippen LogP contribution in [0.3, 0.4) is 0 Å². The van der Waals surface area contributed by atoms with Crippen molar-refractivity contribution in [1.29, 1.82) is 0 Å². The Hall–Kier alpha value is -3.10. The molecule has 1 aromatic carbocycles. The van der Waals surface area contributed by atoms with Crippen LogP contribution in [0, 0.1) is 16.0 Å². The molecule has 0 spiro atoms. The third-order valence-corrected chi connectivity index (χ3v) is 3.92. The maximum atomic E-state index is 11.5. The minimum Gasteiger partial charge on any atom is -0.454 e. The summed E-state index contributed by atoms with van der Waals surface area (Å²) in [4.78, 5) is 19.1. The molecule has 1 aromatic heterocycles. The normalized spacial score (nSPS) is 12.3. The zero-order valence-corrected chi connectivity index (χ0v) is 14.7. The van der Waals surface area contributed by atoms with Gasteiger partial charge in [-0.05, 0) is 30.0 Å². The number of nitrogens with zero attached hydrogens (tertiary/aromatic N) is 3. The van der Waals surface area contributed by atoms with E-state index < -0.39 is 4.92 Å². The molecule has 9 nitrogen and oxygen atoms in total. The van der Waals surface area contributed by atoms with E-state index in [1.807, 2.05) is 18.2 Å². The van der Waals surface area contributed by atoms with Crippen LogP contribution in [-0.2, 0) is 6.54 Å². The molecule has 0 fully saturated rings. The van der Waals surface area contributed by atoms with Crippen LogP contribution in [0.1, 0.15) is 25.8 Å². The molecule has 1 aliphatic heterocycles. The topological polar surface area (TPSA) is 111 Å². The van der Waals surface area contributed by atoms with Crippen molar-refractivity contribution < 1.29 is 14.4 Å². The standard InChI is InChI=1S/C17H21N5O4/c1-11(2)5-6-18-16-15(22(23)24)17(21-9-20-16)19-8-12-3-4-13-14(7-12)26-10-25-13/h3-4,7,9,11H,5-6,8,10H2,1-2H3,(H2,18,19,20,21). The van der Waals surface area contributed by atoms with E-state index in [0.29, 0.717) is 30.5 Å². The average molecular weight is 359 g/mol. The van der Waals surface area contributed by atoms with Crippen molar-refractivity contribution in [2.75, 3.05) is 24.0 Å². The van der Waals surface area contributed by atoms with Crippen molar-refractivity contribution in [3.63, 3.8) is 0 Å². The zero-order valence-electron chi connectivity index (χ0n) is 14.7. The Balaban J connectivity index is 1.73. The third-order valence-electron chi connectivity index (χ3n) is 3.92. The van der Waals surface area contributed by atoms with Crippen LogP contribution in [0.4, 0.5) is 17.3 Å². The van der Waals surface area contributed by atoms with Crippen molar-refractivity contribution in [1.82, 2.24) is 9.97 Å². The summed E-state index contributed by atoms with van der Waals surface area (Å²) in [6.45, 7) is 5.36. The maximum Gasteiger partial charge on any atom is 0.353 e. The fraction of sp³-hybridized carbons (Fsp3) is 0.412. The Kier molecular flexibility index (Phi) is 5.35. The van der Waals surface area contributed by atoms with Crippen molar-refractivity contribution in [3.8, 4) is 11.5 Å². The first kappa shape index (κ1) is 17.7. The van der Waals surface area contributed by atoms with Crippen LogP contribution in [0.25, 0.3) is 0 Å². The van der Waals surface area contributed by atoms with Gasteiger partial charge in [0, 0.05) is 13.1 Å². The van der Waals surface area contributed by atoms with E-state index in [9.17, 15) is 10.1 Å². The Morgan fingerprint density at radius 2 is 1.92 bits per heavy atom. The highest BCUT2D eigenvalue weighted by Crippen LogP contribution is 2.33. The molecule has 26 heavy (non-hydrogen) atoms. The van der Waals surface area contributed by atoms with Gasteiger partial charge < -0.3 is 20.1 Å². The number of ether oxygens (including phenoxy) is 2. The van der Waals surface area contributed by atoms with Gasteiger partial charge in [-0.25, -0.2) is 9.97 Å². The number of benzene rings is 1. The number of nitrogens with one attached hydrogen (secondary N) is 2. The molecule has 1 aliphatic rings. The Labute approximate surface area is 150 Å². The van der Waals surface area contributed by atoms with Crippen LogP contribution in [0.5, 0.6) is 11.5 Å². The fourth-order valence-corrected chi connectivity index (χ4v) is 2.53. The van der Waals surface area contributed by atoms with Crippen molar-refractivity contribution in [3.05, 3.63) is 40.2 Å². The number of aromatic nitrogens is 2. The lowest BCUT2D eigenvalue weighted by Gasteiger charge is -2.11. The number of hydrogen-bond acceptors (Lipinski definition) is 8. The van der Waals surface area contributed by atoms with Gasteiger partial charge in [-0.2, -0.15) is 0 Å². The van der Waals surface area contributed by atoms with Crippen molar-refractivity contribution in [2.45, 2.75) is 26.8 Å². The lowest BCUT2D eigenvalue weighted by Crippen LogP contribution is -2.11. The van der Waals surface area contributed by atoms with E-state index >= 15 is 0 Å². The molecule has 0 bridgehead atoms. The lowest BCUT2D eigenvalue weighted by molar-refractivity contribution is -0.383. The van der Waals surface area contributed by atoms with E-state index in [-0.39, 0.29) is 24.1 Å². The minimum absolute atomic E-state index is 0.156. The van der Waals surface area contributed by atoms with E-state index in [0.717, 1.165) is 12.0 Å². The van der Waals surface area contributed by atoms with Crippen molar-refractivity contribution in [2.24, 2.45) is 5.92 Å². The van der Waals surface area contributed by atoms with E-state index in [4.69, 9.17) is 9.47 Å². The summed E-state index contributed by atoms with van der Waals surface area (Å²) in [5, 5.41) is 17.6. The molecule has 9 heteroatoms. The number of anilines is 2. The number of nitro groups is 1. The van der Waals surface area contributed by atoms with Gasteiger partial charge in [0.2, 0.25) is 18.4 Å². The van der Waals surface area contributed by atoms with Gasteiger partial charge in [0.05, 0.1) is 4.92 Å². The average Bonchev–Trinajstić information content (AvgIpc) is 3.07. The van der Waals surface area contributed by atoms with Crippen LogP contribution in [0.15, 0.2) is 24.5 Å². The molecule has 2 aromatic rings. The predicted octanol–water partition coefficient (Wildman–Crippen LogP) is 3.18. The Bertz CT molecular complexity index is 797. The number of hydrogen-bond donors (Lipinski definition) is 2. The first-order valence-corrected chi connectivity index (χ1v) is 8.40. The SMILES string of the molecule is CC(C)CCNc1ncnc(NCc2ccc3c(c2)OCO3)c1[N+](=O)[O-]. The summed E-state index contributed by atoms with van der Waals surface area (Å²) in [5.41, 5.74) is 0.744. The van der Waals surface area contributed by atoms with Crippen LogP contribution >= 0.6 is 0 Å². The molecule has 0 amide bonds. The summed E-state index contributed by atoms with van der Waals surface area (Å²) in [6.07, 6.45) is 2.20. The summed E-state index contributed by atoms with van der Waals surface area (Å²) in [7, 11) is 0. The summed E-state index contributed by atoms with van der Waals surface area (Å²) >= 11 is 0. The largest absolute Gasteiger partial charge is 0.454 e. The molecule has 0 unspecified atom stereocenters. The smallest absolute Gasteiger partial charge is 0.353 e. The molecule has 138 valence electrons. The van der Waals surface area contributed by atoms with Gasteiger partial charge in [0.1, 0.15) is 6.33 Å². The third kappa shape index (κ3) is 4.11. The predicted molar refractivity (Wildman–Crippen MR) is 96.5 cm³/mol. The van der Waals surface area contributed by atoms with Crippen molar-refractivity contribution >= 4 is 17.3 Å². The lowest BCUT2D eigenvalue weighted by atomic mass is 10.1. The van der Waals surface area contributed by atoms with Gasteiger partial charge in [-0.3, -0.25) is 10.1 Å². The summed E-state index contributed by atoms with van der Waals surface area (Å²) in [6, 6.07) is 5.52. The highest BCUT2D eigenvalue weighted by molar-refractivity contribution is 5.69. The Morgan fingerprint density at radius 1 is 1.19 bits per heavy atom. The molecular weight excluding hydrogens is 338 g/mol. The molecule has 3 rings (SSSR count). The van der Waals surface area contributed by atoms with E-state index in [2.05, 4.69) is 34.4 Å². The van der Waals surface area contributed by atoms with Gasteiger partial charge >= 0.3 is 5.69 Å². The van der Waals surface area contributed by atoms with Crippen LogP contribution in [-0.4, -0.2) is 28.2 Å². The van der Waals surface area contributed by atoms with Gasteiger partial charge in [0.25, 0.3) is 0 Å². The highest BCUT2D eigenvalue weighted by Gasteiger charge is 2.23. The molecule has 2 heterocycles. The second-order valence-corrected chi connectivity index (χ2v) is 6.33. The second kappa shape index (κ2) is 7.85. The maximum absolute atomic E-state index is 11.5. The fourth-order valence-electron chi connectivity index (χ4n) is 2.53. The van der Waals surface area contributed by atoms with Gasteiger partial charge in [0.15, 0.2) is 11.5 Å². The second-order valence-electron chi connectivity index (χ2n) is 6.33. The molecular formula is C17H21N5O4. The summed E-state index contributed by atoms with van der Waals surface area (Å²) < 4.78 is 10.6. The number of rotatable bonds is 8. The first-order valence-electron chi connectivity index (χ1n) is 8.40. The van der Waals surface area contributed by atoms with Gasteiger partial charge in [-0.15, -0.1) is 0 Å². The zero-order chi connectivity index (χ0) is 18.5. The van der Waals surface area contributed by atoms with Crippen LogP contribution < -0.4 is 20.1 Å². The first-order chi connectivity index (χ1) is 12.5. The highest BCUT2D eigenvalue weighted by atomic mass is 16.7. The molecule has 0 aliphatic carbocycles. The Morgan fingerprint density at radius 3 is 2.65 bits per heavy atom. The minimum atomic E-state index is -0.473. The van der Waals surface area contributed by atoms with E-state index in [1.165, 1.54) is 6.33 Å². The molecule has 0 saturated heterocycles. The molecule has 0 radical (unpaired) electrons. The van der Waals surface area contributed by atoms with Gasteiger partial charge in [-0.1, -0.05) is 19.9 Å². The number of fused-ring (bicyclic) bond motifs is 1. The van der Waals surface area contributed by atoms with Crippen LogP contribution in [0.2, 0.25) is 0 Å². The summed E-state index contributed by atoms with van der Waals surface area (Å²) in [5.74, 6) is 2.25. The molecule has 2 N–H and O–H groups in total.